The van der Waals surface area contributed by atoms with E-state index in [1.54, 1.807) is 0 Å². The van der Waals surface area contributed by atoms with Gasteiger partial charge in [0.1, 0.15) is 12.6 Å². The summed E-state index contributed by atoms with van der Waals surface area (Å²) in [7, 11) is 0. The number of halogens is 3. The lowest BCUT2D eigenvalue weighted by Gasteiger charge is -2.18. The van der Waals surface area contributed by atoms with Crippen LogP contribution in [0.25, 0.3) is 0 Å². The SMILES string of the molecule is CC(C)C([NH3+])CC[C@H]([NH3+])C[NH2+]C(CCc1ccccc1)CCc1ccccc1.[Cl-].[Cl-].[Cl-]. The molecule has 0 saturated carbocycles. The van der Waals surface area contributed by atoms with Gasteiger partial charge in [-0.3, -0.25) is 0 Å². The minimum absolute atomic E-state index is 0. The molecule has 0 bridgehead atoms. The Labute approximate surface area is 208 Å². The van der Waals surface area contributed by atoms with Crippen LogP contribution in [0.15, 0.2) is 60.7 Å². The van der Waals surface area contributed by atoms with Gasteiger partial charge in [-0.2, -0.15) is 0 Å². The summed E-state index contributed by atoms with van der Waals surface area (Å²) < 4.78 is 0. The highest BCUT2D eigenvalue weighted by atomic mass is 35.5. The average molecular weight is 491 g/mol. The Morgan fingerprint density at radius 2 is 1.13 bits per heavy atom. The van der Waals surface area contributed by atoms with Crippen molar-refractivity contribution >= 4 is 0 Å². The smallest absolute Gasteiger partial charge is 0.134 e. The third-order valence-corrected chi connectivity index (χ3v) is 5.98. The third kappa shape index (κ3) is 14.1. The van der Waals surface area contributed by atoms with Gasteiger partial charge in [-0.25, -0.2) is 0 Å². The Morgan fingerprint density at radius 3 is 1.55 bits per heavy atom. The van der Waals surface area contributed by atoms with Gasteiger partial charge < -0.3 is 54.0 Å². The number of aryl methyl sites for hydroxylation is 2. The Bertz CT molecular complexity index is 597. The number of hydrogen-bond donors (Lipinski definition) is 3. The van der Waals surface area contributed by atoms with Gasteiger partial charge >= 0.3 is 0 Å². The Morgan fingerprint density at radius 1 is 0.677 bits per heavy atom. The molecule has 6 heteroatoms. The van der Waals surface area contributed by atoms with E-state index in [0.29, 0.717) is 24.0 Å². The van der Waals surface area contributed by atoms with Gasteiger partial charge in [-0.15, -0.1) is 0 Å². The van der Waals surface area contributed by atoms with E-state index in [4.69, 9.17) is 0 Å². The molecule has 0 fully saturated rings. The highest BCUT2D eigenvalue weighted by molar-refractivity contribution is 5.16. The molecule has 0 saturated heterocycles. The molecule has 0 heterocycles. The minimum Gasteiger partial charge on any atom is -1.00 e. The van der Waals surface area contributed by atoms with Gasteiger partial charge in [-0.1, -0.05) is 74.5 Å². The van der Waals surface area contributed by atoms with Crippen molar-refractivity contribution in [3.63, 3.8) is 0 Å². The van der Waals surface area contributed by atoms with Crippen LogP contribution in [-0.2, 0) is 12.8 Å². The molecule has 0 aromatic heterocycles. The maximum atomic E-state index is 4.42. The average Bonchev–Trinajstić information content (AvgIpc) is 2.72. The largest absolute Gasteiger partial charge is 1.00 e. The Hall–Kier alpha value is -0.810. The second-order valence-corrected chi connectivity index (χ2v) is 8.73. The van der Waals surface area contributed by atoms with Crippen LogP contribution in [0.5, 0.6) is 0 Å². The first-order valence-electron chi connectivity index (χ1n) is 11.1. The molecule has 8 N–H and O–H groups in total. The van der Waals surface area contributed by atoms with Gasteiger partial charge in [0.2, 0.25) is 0 Å². The van der Waals surface area contributed by atoms with Crippen molar-refractivity contribution in [2.75, 3.05) is 6.54 Å². The van der Waals surface area contributed by atoms with E-state index in [1.165, 1.54) is 36.8 Å². The zero-order valence-electron chi connectivity index (χ0n) is 19.2. The van der Waals surface area contributed by atoms with Gasteiger partial charge in [0.15, 0.2) is 0 Å². The quantitative estimate of drug-likeness (QED) is 0.250. The molecule has 0 radical (unpaired) electrons. The van der Waals surface area contributed by atoms with Crippen molar-refractivity contribution in [1.29, 1.82) is 0 Å². The van der Waals surface area contributed by atoms with Crippen LogP contribution < -0.4 is 54.0 Å². The maximum Gasteiger partial charge on any atom is 0.134 e. The molecule has 3 nitrogen and oxygen atoms in total. The molecule has 2 aromatic rings. The van der Waals surface area contributed by atoms with E-state index in [2.05, 4.69) is 91.3 Å². The maximum absolute atomic E-state index is 4.42. The second kappa shape index (κ2) is 18.7. The molecule has 178 valence electrons. The van der Waals surface area contributed by atoms with Crippen LogP contribution in [0.3, 0.4) is 0 Å². The fourth-order valence-electron chi connectivity index (χ4n) is 3.66. The first kappa shape index (κ1) is 32.4. The number of nitrogens with two attached hydrogens (primary N) is 1. The van der Waals surface area contributed by atoms with Crippen molar-refractivity contribution in [1.82, 2.24) is 0 Å². The molecule has 0 amide bonds. The van der Waals surface area contributed by atoms with Crippen molar-refractivity contribution in [2.24, 2.45) is 5.92 Å². The van der Waals surface area contributed by atoms with E-state index in [1.807, 2.05) is 0 Å². The fourth-order valence-corrected chi connectivity index (χ4v) is 3.66. The summed E-state index contributed by atoms with van der Waals surface area (Å²) >= 11 is 0. The summed E-state index contributed by atoms with van der Waals surface area (Å²) in [5.41, 5.74) is 11.6. The molecule has 0 aliphatic rings. The lowest BCUT2D eigenvalue weighted by atomic mass is 9.97. The Kier molecular flexibility index (Phi) is 19.6. The number of benzene rings is 2. The molecule has 0 aliphatic carbocycles. The number of hydrogen-bond acceptors (Lipinski definition) is 0. The lowest BCUT2D eigenvalue weighted by molar-refractivity contribution is -0.712. The molecular weight excluding hydrogens is 449 g/mol. The van der Waals surface area contributed by atoms with Crippen LogP contribution in [0.4, 0.5) is 0 Å². The van der Waals surface area contributed by atoms with Gasteiger partial charge in [-0.05, 0) is 24.0 Å². The monoisotopic (exact) mass is 489 g/mol. The van der Waals surface area contributed by atoms with Crippen molar-refractivity contribution in [3.8, 4) is 0 Å². The highest BCUT2D eigenvalue weighted by Crippen LogP contribution is 2.09. The van der Waals surface area contributed by atoms with E-state index in [-0.39, 0.29) is 37.2 Å². The standard InChI is InChI=1S/C25H39N3.3ClH/c1-20(2)25(27)18-15-23(26)19-28-24(16-13-21-9-5-3-6-10-21)17-14-22-11-7-4-8-12-22;;;/h3-12,20,23-25,28H,13-19,26-27H2,1-2H3;3*1H/t23-,25?;;;/m0.../s1. The van der Waals surface area contributed by atoms with Gasteiger partial charge in [0, 0.05) is 31.6 Å². The molecule has 1 unspecified atom stereocenters. The van der Waals surface area contributed by atoms with Gasteiger partial charge in [0.25, 0.3) is 0 Å². The molecule has 2 rings (SSSR count). The number of quaternary nitrogens is 3. The molecule has 2 aromatic carbocycles. The summed E-state index contributed by atoms with van der Waals surface area (Å²) in [6, 6.07) is 23.5. The highest BCUT2D eigenvalue weighted by Gasteiger charge is 2.19. The van der Waals surface area contributed by atoms with Crippen molar-refractivity contribution in [3.05, 3.63) is 71.8 Å². The summed E-state index contributed by atoms with van der Waals surface area (Å²) in [6.07, 6.45) is 7.16. The van der Waals surface area contributed by atoms with Gasteiger partial charge in [0.05, 0.1) is 12.1 Å². The van der Waals surface area contributed by atoms with Crippen LogP contribution in [-0.4, -0.2) is 24.7 Å². The van der Waals surface area contributed by atoms with E-state index in [9.17, 15) is 0 Å². The normalized spacial score (nSPS) is 12.5. The first-order valence-corrected chi connectivity index (χ1v) is 11.1. The van der Waals surface area contributed by atoms with Crippen LogP contribution in [0.1, 0.15) is 50.7 Å². The molecule has 31 heavy (non-hydrogen) atoms. The van der Waals surface area contributed by atoms with Crippen LogP contribution in [0.2, 0.25) is 0 Å². The summed E-state index contributed by atoms with van der Waals surface area (Å²) in [5, 5.41) is 2.57. The topological polar surface area (TPSA) is 71.9 Å². The molecular formula is C25H42Cl3N3. The van der Waals surface area contributed by atoms with Crippen molar-refractivity contribution < 1.29 is 54.0 Å². The zero-order chi connectivity index (χ0) is 20.2. The molecule has 0 aliphatic heterocycles. The first-order chi connectivity index (χ1) is 13.5. The molecule has 2 atom stereocenters. The number of rotatable bonds is 13. The fraction of sp³-hybridized carbons (Fsp3) is 0.520. The van der Waals surface area contributed by atoms with Crippen molar-refractivity contribution in [2.45, 2.75) is 70.5 Å². The Balaban J connectivity index is 0. The van der Waals surface area contributed by atoms with E-state index < -0.39 is 0 Å². The third-order valence-electron chi connectivity index (χ3n) is 5.98. The minimum atomic E-state index is 0. The predicted octanol–water partition coefficient (Wildman–Crippen LogP) is -7.15. The predicted molar refractivity (Wildman–Crippen MR) is 118 cm³/mol. The second-order valence-electron chi connectivity index (χ2n) is 8.73. The lowest BCUT2D eigenvalue weighted by Crippen LogP contribution is -3.00. The zero-order valence-corrected chi connectivity index (χ0v) is 21.4. The van der Waals surface area contributed by atoms with E-state index in [0.717, 1.165) is 19.4 Å². The molecule has 0 spiro atoms. The van der Waals surface area contributed by atoms with E-state index >= 15 is 0 Å². The summed E-state index contributed by atoms with van der Waals surface area (Å²) in [4.78, 5) is 0. The summed E-state index contributed by atoms with van der Waals surface area (Å²) in [5.74, 6) is 0.667. The van der Waals surface area contributed by atoms with Crippen LogP contribution >= 0.6 is 0 Å². The summed E-state index contributed by atoms with van der Waals surface area (Å²) in [6.45, 7) is 5.66. The van der Waals surface area contributed by atoms with Crippen LogP contribution in [0, 0.1) is 5.92 Å².